The molecule has 0 N–H and O–H groups in total. The fourth-order valence-corrected chi connectivity index (χ4v) is 2.97. The Kier molecular flexibility index (Phi) is 4.08. The Labute approximate surface area is 115 Å². The molecule has 4 nitrogen and oxygen atoms in total. The van der Waals surface area contributed by atoms with Crippen LogP contribution < -0.4 is 4.90 Å². The number of rotatable bonds is 3. The highest BCUT2D eigenvalue weighted by molar-refractivity contribution is 5.29. The Bertz CT molecular complexity index is 409. The summed E-state index contributed by atoms with van der Waals surface area (Å²) in [6.45, 7) is 5.63. The number of aromatic nitrogens is 2. The molecule has 0 bridgehead atoms. The second-order valence-corrected chi connectivity index (χ2v) is 5.49. The quantitative estimate of drug-likeness (QED) is 0.776. The molecular formula is C15H22N4. The average molecular weight is 258 g/mol. The van der Waals surface area contributed by atoms with E-state index in [2.05, 4.69) is 31.9 Å². The Morgan fingerprint density at radius 2 is 1.84 bits per heavy atom. The van der Waals surface area contributed by atoms with Crippen molar-refractivity contribution in [2.24, 2.45) is 5.92 Å². The third kappa shape index (κ3) is 3.32. The minimum Gasteiger partial charge on any atom is -0.338 e. The summed E-state index contributed by atoms with van der Waals surface area (Å²) < 4.78 is 0. The van der Waals surface area contributed by atoms with Gasteiger partial charge in [-0.25, -0.2) is 9.97 Å². The lowest BCUT2D eigenvalue weighted by Gasteiger charge is -2.36. The van der Waals surface area contributed by atoms with Crippen molar-refractivity contribution in [2.45, 2.75) is 19.3 Å². The lowest BCUT2D eigenvalue weighted by Crippen LogP contribution is -2.48. The zero-order valence-corrected chi connectivity index (χ0v) is 11.4. The number of allylic oxidation sites excluding steroid dienone is 2. The molecule has 0 saturated carbocycles. The van der Waals surface area contributed by atoms with Crippen LogP contribution in [0.2, 0.25) is 0 Å². The average Bonchev–Trinajstić information content (AvgIpc) is 2.50. The number of piperazine rings is 1. The zero-order chi connectivity index (χ0) is 12.9. The van der Waals surface area contributed by atoms with Crippen LogP contribution in [0, 0.1) is 5.92 Å². The van der Waals surface area contributed by atoms with Gasteiger partial charge in [0, 0.05) is 45.1 Å². The summed E-state index contributed by atoms with van der Waals surface area (Å²) in [7, 11) is 0. The molecule has 1 fully saturated rings. The summed E-state index contributed by atoms with van der Waals surface area (Å²) in [5.41, 5.74) is 0. The van der Waals surface area contributed by atoms with Crippen molar-refractivity contribution in [3.63, 3.8) is 0 Å². The van der Waals surface area contributed by atoms with Crippen LogP contribution in [0.3, 0.4) is 0 Å². The summed E-state index contributed by atoms with van der Waals surface area (Å²) in [5.74, 6) is 1.74. The molecule has 1 aromatic heterocycles. The first-order chi connectivity index (χ1) is 9.42. The minimum absolute atomic E-state index is 0.865. The topological polar surface area (TPSA) is 32.3 Å². The standard InChI is InChI=1S/C15H22N4/c1-2-5-14(6-3-1)13-18-9-11-19(12-10-18)15-16-7-4-8-17-15/h1-2,4,7-8,14H,3,5-6,9-13H2/t14-/m1/s1. The Hall–Kier alpha value is -1.42. The smallest absolute Gasteiger partial charge is 0.225 e. The maximum atomic E-state index is 4.33. The molecule has 1 atom stereocenters. The molecule has 0 unspecified atom stereocenters. The van der Waals surface area contributed by atoms with E-state index in [9.17, 15) is 0 Å². The fraction of sp³-hybridized carbons (Fsp3) is 0.600. The normalized spacial score (nSPS) is 24.6. The van der Waals surface area contributed by atoms with Crippen molar-refractivity contribution in [3.8, 4) is 0 Å². The molecule has 1 aliphatic heterocycles. The van der Waals surface area contributed by atoms with E-state index in [1.54, 1.807) is 0 Å². The zero-order valence-electron chi connectivity index (χ0n) is 11.4. The molecule has 3 rings (SSSR count). The first-order valence-corrected chi connectivity index (χ1v) is 7.31. The van der Waals surface area contributed by atoms with Crippen LogP contribution in [0.15, 0.2) is 30.6 Å². The predicted octanol–water partition coefficient (Wildman–Crippen LogP) is 1.95. The summed E-state index contributed by atoms with van der Waals surface area (Å²) >= 11 is 0. The maximum Gasteiger partial charge on any atom is 0.225 e. The molecule has 1 aromatic rings. The van der Waals surface area contributed by atoms with Crippen LogP contribution in [0.1, 0.15) is 19.3 Å². The highest BCUT2D eigenvalue weighted by atomic mass is 15.3. The molecule has 0 radical (unpaired) electrons. The molecule has 0 amide bonds. The summed E-state index contributed by atoms with van der Waals surface area (Å²) in [5, 5.41) is 0. The van der Waals surface area contributed by atoms with E-state index in [0.29, 0.717) is 0 Å². The van der Waals surface area contributed by atoms with E-state index in [1.807, 2.05) is 18.5 Å². The molecule has 19 heavy (non-hydrogen) atoms. The van der Waals surface area contributed by atoms with Crippen molar-refractivity contribution in [3.05, 3.63) is 30.6 Å². The molecule has 0 aromatic carbocycles. The lowest BCUT2D eigenvalue weighted by atomic mass is 9.94. The largest absolute Gasteiger partial charge is 0.338 e. The van der Waals surface area contributed by atoms with Crippen molar-refractivity contribution in [1.29, 1.82) is 0 Å². The van der Waals surface area contributed by atoms with E-state index < -0.39 is 0 Å². The van der Waals surface area contributed by atoms with Gasteiger partial charge in [0.25, 0.3) is 0 Å². The molecule has 0 spiro atoms. The minimum atomic E-state index is 0.865. The molecule has 102 valence electrons. The van der Waals surface area contributed by atoms with Crippen LogP contribution in [0.25, 0.3) is 0 Å². The van der Waals surface area contributed by atoms with Gasteiger partial charge in [0.05, 0.1) is 0 Å². The number of hydrogen-bond donors (Lipinski definition) is 0. The SMILES string of the molecule is C1=CC[C@@H](CN2CCN(c3ncccn3)CC2)CC1. The molecular weight excluding hydrogens is 236 g/mol. The van der Waals surface area contributed by atoms with Gasteiger partial charge < -0.3 is 4.90 Å². The van der Waals surface area contributed by atoms with Gasteiger partial charge in [-0.15, -0.1) is 0 Å². The first-order valence-electron chi connectivity index (χ1n) is 7.31. The van der Waals surface area contributed by atoms with E-state index in [1.165, 1.54) is 25.8 Å². The number of anilines is 1. The molecule has 2 aliphatic rings. The fourth-order valence-electron chi connectivity index (χ4n) is 2.97. The monoisotopic (exact) mass is 258 g/mol. The van der Waals surface area contributed by atoms with E-state index >= 15 is 0 Å². The van der Waals surface area contributed by atoms with Crippen LogP contribution in [0.5, 0.6) is 0 Å². The predicted molar refractivity (Wildman–Crippen MR) is 77.2 cm³/mol. The van der Waals surface area contributed by atoms with E-state index in [4.69, 9.17) is 0 Å². The van der Waals surface area contributed by atoms with Crippen LogP contribution in [-0.2, 0) is 0 Å². The van der Waals surface area contributed by atoms with E-state index in [0.717, 1.165) is 38.0 Å². The van der Waals surface area contributed by atoms with Gasteiger partial charge >= 0.3 is 0 Å². The van der Waals surface area contributed by atoms with Gasteiger partial charge in [-0.3, -0.25) is 4.90 Å². The molecule has 2 heterocycles. The molecule has 1 aliphatic carbocycles. The third-order valence-electron chi connectivity index (χ3n) is 4.10. The van der Waals surface area contributed by atoms with Crippen LogP contribution in [0.4, 0.5) is 5.95 Å². The molecule has 1 saturated heterocycles. The highest BCUT2D eigenvalue weighted by Crippen LogP contribution is 2.20. The van der Waals surface area contributed by atoms with Crippen LogP contribution >= 0.6 is 0 Å². The summed E-state index contributed by atoms with van der Waals surface area (Å²) in [6, 6.07) is 1.87. The number of nitrogens with zero attached hydrogens (tertiary/aromatic N) is 4. The Morgan fingerprint density at radius 1 is 1.05 bits per heavy atom. The van der Waals surface area contributed by atoms with Gasteiger partial charge in [0.2, 0.25) is 5.95 Å². The van der Waals surface area contributed by atoms with Crippen molar-refractivity contribution < 1.29 is 0 Å². The maximum absolute atomic E-state index is 4.33. The summed E-state index contributed by atoms with van der Waals surface area (Å²) in [6.07, 6.45) is 12.2. The number of hydrogen-bond acceptors (Lipinski definition) is 4. The first kappa shape index (κ1) is 12.6. The van der Waals surface area contributed by atoms with Gasteiger partial charge in [-0.05, 0) is 31.2 Å². The van der Waals surface area contributed by atoms with Crippen molar-refractivity contribution in [1.82, 2.24) is 14.9 Å². The second-order valence-electron chi connectivity index (χ2n) is 5.49. The van der Waals surface area contributed by atoms with Crippen LogP contribution in [-0.4, -0.2) is 47.6 Å². The van der Waals surface area contributed by atoms with Crippen molar-refractivity contribution in [2.75, 3.05) is 37.6 Å². The second kappa shape index (κ2) is 6.15. The van der Waals surface area contributed by atoms with Gasteiger partial charge in [0.15, 0.2) is 0 Å². The molecule has 4 heteroatoms. The lowest BCUT2D eigenvalue weighted by molar-refractivity contribution is 0.211. The Balaban J connectivity index is 1.48. The van der Waals surface area contributed by atoms with E-state index in [-0.39, 0.29) is 0 Å². The summed E-state index contributed by atoms with van der Waals surface area (Å²) in [4.78, 5) is 13.6. The van der Waals surface area contributed by atoms with Gasteiger partial charge in [-0.1, -0.05) is 12.2 Å². The highest BCUT2D eigenvalue weighted by Gasteiger charge is 2.21. The third-order valence-corrected chi connectivity index (χ3v) is 4.10. The van der Waals surface area contributed by atoms with Crippen molar-refractivity contribution >= 4 is 5.95 Å². The van der Waals surface area contributed by atoms with Gasteiger partial charge in [-0.2, -0.15) is 0 Å². The van der Waals surface area contributed by atoms with Gasteiger partial charge in [0.1, 0.15) is 0 Å². The Morgan fingerprint density at radius 3 is 2.53 bits per heavy atom.